The lowest BCUT2D eigenvalue weighted by atomic mass is 10.3. The number of hydrogen-bond donors (Lipinski definition) is 2. The molecule has 104 valence electrons. The van der Waals surface area contributed by atoms with E-state index < -0.39 is 5.97 Å². The van der Waals surface area contributed by atoms with E-state index in [1.165, 1.54) is 0 Å². The normalized spacial score (nSPS) is 9.95. The van der Waals surface area contributed by atoms with Crippen LogP contribution in [0.15, 0.2) is 24.3 Å². The summed E-state index contributed by atoms with van der Waals surface area (Å²) < 4.78 is 5.42. The highest BCUT2D eigenvalue weighted by Gasteiger charge is 2.04. The Hall–Kier alpha value is -1.69. The standard InChI is InChI=1S/C13H17NO4S/c1-2-7-18-11-5-3-10(4-6-11)14-12(15)8-19-9-13(16)17/h3-6H,2,7-9H2,1H3,(H,14,15)(H,16,17). The van der Waals surface area contributed by atoms with Crippen LogP contribution in [0.4, 0.5) is 5.69 Å². The predicted octanol–water partition coefficient (Wildman–Crippen LogP) is 2.23. The topological polar surface area (TPSA) is 75.6 Å². The van der Waals surface area contributed by atoms with Gasteiger partial charge in [0.15, 0.2) is 0 Å². The van der Waals surface area contributed by atoms with Gasteiger partial charge in [-0.15, -0.1) is 11.8 Å². The zero-order valence-electron chi connectivity index (χ0n) is 10.7. The van der Waals surface area contributed by atoms with Crippen molar-refractivity contribution in [1.29, 1.82) is 0 Å². The van der Waals surface area contributed by atoms with Crippen molar-refractivity contribution in [2.75, 3.05) is 23.4 Å². The monoisotopic (exact) mass is 283 g/mol. The van der Waals surface area contributed by atoms with Crippen molar-refractivity contribution < 1.29 is 19.4 Å². The summed E-state index contributed by atoms with van der Waals surface area (Å²) in [6.45, 7) is 2.70. The number of carboxylic acids is 1. The highest BCUT2D eigenvalue weighted by molar-refractivity contribution is 8.00. The molecule has 0 unspecified atom stereocenters. The molecule has 19 heavy (non-hydrogen) atoms. The highest BCUT2D eigenvalue weighted by Crippen LogP contribution is 2.16. The van der Waals surface area contributed by atoms with Crippen LogP contribution in [0.25, 0.3) is 0 Å². The second kappa shape index (κ2) is 8.42. The van der Waals surface area contributed by atoms with Gasteiger partial charge in [-0.05, 0) is 30.7 Å². The first-order valence-electron chi connectivity index (χ1n) is 5.94. The van der Waals surface area contributed by atoms with Crippen molar-refractivity contribution in [1.82, 2.24) is 0 Å². The van der Waals surface area contributed by atoms with Gasteiger partial charge in [0.05, 0.1) is 18.1 Å². The zero-order chi connectivity index (χ0) is 14.1. The summed E-state index contributed by atoms with van der Waals surface area (Å²) in [7, 11) is 0. The predicted molar refractivity (Wildman–Crippen MR) is 75.8 cm³/mol. The molecule has 1 aromatic carbocycles. The van der Waals surface area contributed by atoms with Crippen LogP contribution in [0.2, 0.25) is 0 Å². The van der Waals surface area contributed by atoms with Crippen LogP contribution in [-0.4, -0.2) is 35.1 Å². The third-order valence-electron chi connectivity index (χ3n) is 2.07. The van der Waals surface area contributed by atoms with Crippen molar-refractivity contribution in [2.24, 2.45) is 0 Å². The smallest absolute Gasteiger partial charge is 0.313 e. The Bertz CT molecular complexity index is 419. The summed E-state index contributed by atoms with van der Waals surface area (Å²) in [5.74, 6) is -0.318. The first kappa shape index (κ1) is 15.4. The van der Waals surface area contributed by atoms with Gasteiger partial charge in [-0.25, -0.2) is 0 Å². The summed E-state index contributed by atoms with van der Waals surface area (Å²) in [5.41, 5.74) is 0.671. The number of carboxylic acid groups (broad SMARTS) is 1. The average Bonchev–Trinajstić information content (AvgIpc) is 2.37. The third kappa shape index (κ3) is 6.71. The lowest BCUT2D eigenvalue weighted by molar-refractivity contribution is -0.133. The Kier molecular flexibility index (Phi) is 6.81. The molecule has 0 aliphatic rings. The molecule has 0 aliphatic heterocycles. The lowest BCUT2D eigenvalue weighted by Crippen LogP contribution is -2.15. The maximum absolute atomic E-state index is 11.5. The number of anilines is 1. The van der Waals surface area contributed by atoms with E-state index >= 15 is 0 Å². The van der Waals surface area contributed by atoms with E-state index in [0.29, 0.717) is 12.3 Å². The van der Waals surface area contributed by atoms with Crippen molar-refractivity contribution >= 4 is 29.3 Å². The molecule has 0 fully saturated rings. The van der Waals surface area contributed by atoms with E-state index in [0.717, 1.165) is 23.9 Å². The number of carbonyl (C=O) groups excluding carboxylic acids is 1. The van der Waals surface area contributed by atoms with Crippen LogP contribution in [-0.2, 0) is 9.59 Å². The third-order valence-corrected chi connectivity index (χ3v) is 2.99. The molecule has 6 heteroatoms. The number of thioether (sulfide) groups is 1. The maximum atomic E-state index is 11.5. The Balaban J connectivity index is 2.35. The second-order valence-electron chi connectivity index (χ2n) is 3.81. The van der Waals surface area contributed by atoms with Crippen molar-refractivity contribution in [3.63, 3.8) is 0 Å². The van der Waals surface area contributed by atoms with Gasteiger partial charge in [0.1, 0.15) is 5.75 Å². The van der Waals surface area contributed by atoms with E-state index in [2.05, 4.69) is 5.32 Å². The summed E-state index contributed by atoms with van der Waals surface area (Å²) in [6, 6.07) is 7.08. The van der Waals surface area contributed by atoms with Crippen LogP contribution >= 0.6 is 11.8 Å². The lowest BCUT2D eigenvalue weighted by Gasteiger charge is -2.07. The Labute approximate surface area is 116 Å². The van der Waals surface area contributed by atoms with Gasteiger partial charge in [0.2, 0.25) is 5.91 Å². The SMILES string of the molecule is CCCOc1ccc(NC(=O)CSCC(=O)O)cc1. The average molecular weight is 283 g/mol. The summed E-state index contributed by atoms with van der Waals surface area (Å²) in [5, 5.41) is 11.1. The van der Waals surface area contributed by atoms with Gasteiger partial charge < -0.3 is 15.2 Å². The fourth-order valence-electron chi connectivity index (χ4n) is 1.28. The van der Waals surface area contributed by atoms with Crippen LogP contribution in [0.1, 0.15) is 13.3 Å². The molecule has 1 amide bonds. The van der Waals surface area contributed by atoms with E-state index in [1.807, 2.05) is 6.92 Å². The fourth-order valence-corrected chi connectivity index (χ4v) is 1.82. The van der Waals surface area contributed by atoms with E-state index in [-0.39, 0.29) is 17.4 Å². The number of amides is 1. The number of ether oxygens (including phenoxy) is 1. The highest BCUT2D eigenvalue weighted by atomic mass is 32.2. The molecule has 0 spiro atoms. The molecular formula is C13H17NO4S. The Morgan fingerprint density at radius 3 is 2.53 bits per heavy atom. The number of aliphatic carboxylic acids is 1. The van der Waals surface area contributed by atoms with Gasteiger partial charge in [0.25, 0.3) is 0 Å². The molecule has 0 saturated heterocycles. The molecule has 0 saturated carbocycles. The minimum absolute atomic E-state index is 0.0722. The largest absolute Gasteiger partial charge is 0.494 e. The number of rotatable bonds is 8. The number of hydrogen-bond acceptors (Lipinski definition) is 4. The molecule has 0 bridgehead atoms. The van der Waals surface area contributed by atoms with Crippen molar-refractivity contribution in [3.05, 3.63) is 24.3 Å². The molecular weight excluding hydrogens is 266 g/mol. The molecule has 0 heterocycles. The van der Waals surface area contributed by atoms with Crippen LogP contribution in [0.5, 0.6) is 5.75 Å². The van der Waals surface area contributed by atoms with Crippen LogP contribution < -0.4 is 10.1 Å². The first-order chi connectivity index (χ1) is 9.11. The second-order valence-corrected chi connectivity index (χ2v) is 4.79. The molecule has 2 N–H and O–H groups in total. The fraction of sp³-hybridized carbons (Fsp3) is 0.385. The first-order valence-corrected chi connectivity index (χ1v) is 7.09. The molecule has 5 nitrogen and oxygen atoms in total. The minimum atomic E-state index is -0.921. The minimum Gasteiger partial charge on any atom is -0.494 e. The number of nitrogens with one attached hydrogen (secondary N) is 1. The van der Waals surface area contributed by atoms with E-state index in [1.54, 1.807) is 24.3 Å². The molecule has 1 rings (SSSR count). The Morgan fingerprint density at radius 2 is 1.95 bits per heavy atom. The van der Waals surface area contributed by atoms with Crippen LogP contribution in [0, 0.1) is 0 Å². The van der Waals surface area contributed by atoms with E-state index in [9.17, 15) is 9.59 Å². The maximum Gasteiger partial charge on any atom is 0.313 e. The van der Waals surface area contributed by atoms with Gasteiger partial charge in [-0.2, -0.15) is 0 Å². The van der Waals surface area contributed by atoms with Gasteiger partial charge >= 0.3 is 5.97 Å². The number of carbonyl (C=O) groups is 2. The number of benzene rings is 1. The van der Waals surface area contributed by atoms with Gasteiger partial charge in [-0.1, -0.05) is 6.92 Å². The summed E-state index contributed by atoms with van der Waals surface area (Å²) in [6.07, 6.45) is 0.944. The van der Waals surface area contributed by atoms with Gasteiger partial charge in [0, 0.05) is 5.69 Å². The van der Waals surface area contributed by atoms with E-state index in [4.69, 9.17) is 9.84 Å². The van der Waals surface area contributed by atoms with Gasteiger partial charge in [-0.3, -0.25) is 9.59 Å². The quantitative estimate of drug-likeness (QED) is 0.765. The summed E-state index contributed by atoms with van der Waals surface area (Å²) >= 11 is 1.07. The van der Waals surface area contributed by atoms with Crippen LogP contribution in [0.3, 0.4) is 0 Å². The molecule has 0 aliphatic carbocycles. The van der Waals surface area contributed by atoms with Crippen molar-refractivity contribution in [2.45, 2.75) is 13.3 Å². The Morgan fingerprint density at radius 1 is 1.26 bits per heavy atom. The summed E-state index contributed by atoms with van der Waals surface area (Å²) in [4.78, 5) is 21.8. The zero-order valence-corrected chi connectivity index (χ0v) is 11.5. The molecule has 0 atom stereocenters. The molecule has 1 aromatic rings. The molecule has 0 aromatic heterocycles. The van der Waals surface area contributed by atoms with Crippen molar-refractivity contribution in [3.8, 4) is 5.75 Å². The molecule has 0 radical (unpaired) electrons.